The highest BCUT2D eigenvalue weighted by Gasteiger charge is 2.18. The van der Waals surface area contributed by atoms with Crippen molar-refractivity contribution in [3.05, 3.63) is 95.3 Å². The van der Waals surface area contributed by atoms with Crippen LogP contribution < -0.4 is 11.3 Å². The molecule has 0 aliphatic carbocycles. The summed E-state index contributed by atoms with van der Waals surface area (Å²) in [7, 11) is 0. The molecule has 4 nitrogen and oxygen atoms in total. The Balaban J connectivity index is 1.99. The number of hydrogen-bond donors (Lipinski definition) is 2. The van der Waals surface area contributed by atoms with Gasteiger partial charge in [0.2, 0.25) is 0 Å². The van der Waals surface area contributed by atoms with Crippen molar-refractivity contribution in [1.82, 2.24) is 9.78 Å². The van der Waals surface area contributed by atoms with E-state index in [1.807, 2.05) is 84.9 Å². The number of nitrogens with two attached hydrogens (primary N) is 1. The van der Waals surface area contributed by atoms with Crippen LogP contribution in [0.15, 0.2) is 89.7 Å². The summed E-state index contributed by atoms with van der Waals surface area (Å²) in [5, 5.41) is 3.27. The maximum atomic E-state index is 13.1. The fraction of sp³-hybridized carbons (Fsp3) is 0. The first kappa shape index (κ1) is 15.0. The molecule has 122 valence electrons. The van der Waals surface area contributed by atoms with Crippen LogP contribution in [0.2, 0.25) is 0 Å². The number of hydrogen-bond acceptors (Lipinski definition) is 2. The Kier molecular flexibility index (Phi) is 3.71. The molecule has 0 atom stereocenters. The SMILES string of the molecule is Nc1ccc(-c2c(-c3ccccc3)[nH]n(-c3ccccc3)c2=O)cc1. The number of H-pyrrole nitrogens is 1. The van der Waals surface area contributed by atoms with Crippen molar-refractivity contribution >= 4 is 5.69 Å². The highest BCUT2D eigenvalue weighted by Crippen LogP contribution is 2.29. The first-order chi connectivity index (χ1) is 12.2. The Bertz CT molecular complexity index is 1050. The van der Waals surface area contributed by atoms with E-state index < -0.39 is 0 Å². The van der Waals surface area contributed by atoms with E-state index in [2.05, 4.69) is 5.10 Å². The van der Waals surface area contributed by atoms with Gasteiger partial charge in [-0.25, -0.2) is 4.68 Å². The predicted molar refractivity (Wildman–Crippen MR) is 102 cm³/mol. The molecule has 0 fully saturated rings. The average Bonchev–Trinajstić information content (AvgIpc) is 3.01. The minimum atomic E-state index is -0.0881. The molecule has 0 aliphatic rings. The van der Waals surface area contributed by atoms with Gasteiger partial charge in [-0.15, -0.1) is 0 Å². The molecule has 0 amide bonds. The van der Waals surface area contributed by atoms with Gasteiger partial charge in [-0.1, -0.05) is 60.7 Å². The van der Waals surface area contributed by atoms with Crippen LogP contribution in [0.5, 0.6) is 0 Å². The molecule has 0 spiro atoms. The lowest BCUT2D eigenvalue weighted by Crippen LogP contribution is -2.15. The monoisotopic (exact) mass is 327 g/mol. The molecule has 3 aromatic carbocycles. The maximum Gasteiger partial charge on any atom is 0.279 e. The van der Waals surface area contributed by atoms with E-state index in [0.717, 1.165) is 22.5 Å². The molecule has 1 heterocycles. The average molecular weight is 327 g/mol. The van der Waals surface area contributed by atoms with Crippen LogP contribution in [0.25, 0.3) is 28.1 Å². The topological polar surface area (TPSA) is 63.8 Å². The van der Waals surface area contributed by atoms with E-state index in [-0.39, 0.29) is 5.56 Å². The second-order valence-electron chi connectivity index (χ2n) is 5.83. The zero-order valence-corrected chi connectivity index (χ0v) is 13.5. The summed E-state index contributed by atoms with van der Waals surface area (Å²) in [6.45, 7) is 0. The summed E-state index contributed by atoms with van der Waals surface area (Å²) in [6, 6.07) is 26.8. The van der Waals surface area contributed by atoms with Gasteiger partial charge in [0.1, 0.15) is 0 Å². The molecule has 1 aromatic heterocycles. The Morgan fingerprint density at radius 3 is 1.96 bits per heavy atom. The Hall–Kier alpha value is -3.53. The lowest BCUT2D eigenvalue weighted by molar-refractivity contribution is 0.853. The summed E-state index contributed by atoms with van der Waals surface area (Å²) in [5.74, 6) is 0. The van der Waals surface area contributed by atoms with Crippen LogP contribution in [-0.2, 0) is 0 Å². The molecule has 4 aromatic rings. The van der Waals surface area contributed by atoms with Crippen LogP contribution in [0.4, 0.5) is 5.69 Å². The second kappa shape index (κ2) is 6.17. The molecule has 0 saturated carbocycles. The first-order valence-corrected chi connectivity index (χ1v) is 8.06. The van der Waals surface area contributed by atoms with Crippen LogP contribution in [0.3, 0.4) is 0 Å². The number of anilines is 1. The number of aromatic amines is 1. The van der Waals surface area contributed by atoms with E-state index in [1.165, 1.54) is 0 Å². The van der Waals surface area contributed by atoms with Gasteiger partial charge >= 0.3 is 0 Å². The summed E-state index contributed by atoms with van der Waals surface area (Å²) < 4.78 is 1.58. The van der Waals surface area contributed by atoms with Crippen molar-refractivity contribution in [3.8, 4) is 28.1 Å². The van der Waals surface area contributed by atoms with E-state index in [0.29, 0.717) is 11.3 Å². The number of nitrogen functional groups attached to an aromatic ring is 1. The molecule has 0 radical (unpaired) electrons. The minimum absolute atomic E-state index is 0.0881. The molecule has 25 heavy (non-hydrogen) atoms. The fourth-order valence-electron chi connectivity index (χ4n) is 2.93. The number of para-hydroxylation sites is 1. The molecule has 4 rings (SSSR count). The molecular formula is C21H17N3O. The number of benzene rings is 3. The molecule has 0 unspecified atom stereocenters. The highest BCUT2D eigenvalue weighted by molar-refractivity contribution is 5.81. The second-order valence-corrected chi connectivity index (χ2v) is 5.83. The lowest BCUT2D eigenvalue weighted by atomic mass is 10.0. The molecule has 0 aliphatic heterocycles. The number of nitrogens with one attached hydrogen (secondary N) is 1. The smallest absolute Gasteiger partial charge is 0.279 e. The number of rotatable bonds is 3. The van der Waals surface area contributed by atoms with Gasteiger partial charge in [0, 0.05) is 11.3 Å². The third kappa shape index (κ3) is 2.74. The largest absolute Gasteiger partial charge is 0.399 e. The van der Waals surface area contributed by atoms with Crippen molar-refractivity contribution in [3.63, 3.8) is 0 Å². The van der Waals surface area contributed by atoms with E-state index >= 15 is 0 Å². The highest BCUT2D eigenvalue weighted by atomic mass is 16.1. The Labute approximate surface area is 145 Å². The summed E-state index contributed by atoms with van der Waals surface area (Å²) in [6.07, 6.45) is 0. The zero-order valence-electron chi connectivity index (χ0n) is 13.5. The minimum Gasteiger partial charge on any atom is -0.399 e. The van der Waals surface area contributed by atoms with E-state index in [4.69, 9.17) is 5.73 Å². The summed E-state index contributed by atoms with van der Waals surface area (Å²) in [4.78, 5) is 13.1. The Morgan fingerprint density at radius 2 is 1.32 bits per heavy atom. The normalized spacial score (nSPS) is 10.7. The maximum absolute atomic E-state index is 13.1. The lowest BCUT2D eigenvalue weighted by Gasteiger charge is -2.03. The molecule has 0 saturated heterocycles. The first-order valence-electron chi connectivity index (χ1n) is 8.06. The van der Waals surface area contributed by atoms with Crippen molar-refractivity contribution < 1.29 is 0 Å². The summed E-state index contributed by atoms with van der Waals surface area (Å²) >= 11 is 0. The van der Waals surface area contributed by atoms with Gasteiger partial charge in [0.15, 0.2) is 0 Å². The van der Waals surface area contributed by atoms with Gasteiger partial charge in [-0.2, -0.15) is 0 Å². The quantitative estimate of drug-likeness (QED) is 0.557. The third-order valence-electron chi connectivity index (χ3n) is 4.17. The van der Waals surface area contributed by atoms with E-state index in [1.54, 1.807) is 4.68 Å². The predicted octanol–water partition coefficient (Wildman–Crippen LogP) is 4.08. The van der Waals surface area contributed by atoms with Crippen molar-refractivity contribution in [1.29, 1.82) is 0 Å². The van der Waals surface area contributed by atoms with Crippen LogP contribution in [-0.4, -0.2) is 9.78 Å². The van der Waals surface area contributed by atoms with Crippen LogP contribution in [0.1, 0.15) is 0 Å². The molecule has 3 N–H and O–H groups in total. The van der Waals surface area contributed by atoms with Crippen molar-refractivity contribution in [2.45, 2.75) is 0 Å². The van der Waals surface area contributed by atoms with Crippen molar-refractivity contribution in [2.24, 2.45) is 0 Å². The van der Waals surface area contributed by atoms with Gasteiger partial charge in [0.05, 0.1) is 16.9 Å². The third-order valence-corrected chi connectivity index (χ3v) is 4.17. The zero-order chi connectivity index (χ0) is 17.2. The van der Waals surface area contributed by atoms with Crippen LogP contribution in [0, 0.1) is 0 Å². The van der Waals surface area contributed by atoms with Gasteiger partial charge < -0.3 is 5.73 Å². The van der Waals surface area contributed by atoms with Gasteiger partial charge in [-0.05, 0) is 29.8 Å². The standard InChI is InChI=1S/C21H17N3O/c22-17-13-11-15(12-14-17)19-20(16-7-3-1-4-8-16)23-24(21(19)25)18-9-5-2-6-10-18/h1-14,23H,22H2. The fourth-order valence-corrected chi connectivity index (χ4v) is 2.93. The number of aromatic nitrogens is 2. The molecule has 4 heteroatoms. The van der Waals surface area contributed by atoms with Gasteiger partial charge in [0.25, 0.3) is 5.56 Å². The molecular weight excluding hydrogens is 310 g/mol. The Morgan fingerprint density at radius 1 is 0.720 bits per heavy atom. The van der Waals surface area contributed by atoms with Gasteiger partial charge in [-0.3, -0.25) is 9.89 Å². The number of nitrogens with zero attached hydrogens (tertiary/aromatic N) is 1. The molecule has 0 bridgehead atoms. The van der Waals surface area contributed by atoms with Crippen LogP contribution >= 0.6 is 0 Å². The van der Waals surface area contributed by atoms with Crippen molar-refractivity contribution in [2.75, 3.05) is 5.73 Å². The van der Waals surface area contributed by atoms with E-state index in [9.17, 15) is 4.79 Å². The summed E-state index contributed by atoms with van der Waals surface area (Å²) in [5.41, 5.74) is 10.4.